The summed E-state index contributed by atoms with van der Waals surface area (Å²) in [5, 5.41) is 0. The molecule has 0 saturated heterocycles. The summed E-state index contributed by atoms with van der Waals surface area (Å²) in [6, 6.07) is 0. The molecule has 4 rings (SSSR count). The van der Waals surface area contributed by atoms with E-state index < -0.39 is 0 Å². The molecule has 0 bridgehead atoms. The zero-order valence-electron chi connectivity index (χ0n) is 20.1. The Morgan fingerprint density at radius 2 is 2.10 bits per heavy atom. The monoisotopic (exact) mass is 422 g/mol. The first-order valence-corrected chi connectivity index (χ1v) is 11.9. The van der Waals surface area contributed by atoms with Gasteiger partial charge in [-0.3, -0.25) is 4.57 Å². The molecular formula is C26H40N5+. The Morgan fingerprint density at radius 1 is 1.32 bits per heavy atom. The minimum absolute atomic E-state index is 0.410. The molecule has 5 nitrogen and oxygen atoms in total. The molecule has 3 atom stereocenters. The summed E-state index contributed by atoms with van der Waals surface area (Å²) in [5.74, 6) is 2.00. The number of allylic oxidation sites excluding steroid dienone is 3. The number of nitrogens with zero attached hydrogens (tertiary/aromatic N) is 4. The topological polar surface area (TPSA) is 60.6 Å². The van der Waals surface area contributed by atoms with E-state index >= 15 is 0 Å². The van der Waals surface area contributed by atoms with Crippen LogP contribution in [0.25, 0.3) is 11.2 Å². The fourth-order valence-electron chi connectivity index (χ4n) is 6.91. The van der Waals surface area contributed by atoms with E-state index in [2.05, 4.69) is 61.2 Å². The second-order valence-electron chi connectivity index (χ2n) is 11.0. The van der Waals surface area contributed by atoms with Gasteiger partial charge in [-0.2, -0.15) is 4.98 Å². The quantitative estimate of drug-likeness (QED) is 0.521. The minimum atomic E-state index is 0.410. The molecule has 2 aliphatic carbocycles. The maximum atomic E-state index is 6.13. The van der Waals surface area contributed by atoms with Crippen molar-refractivity contribution in [2.24, 2.45) is 29.7 Å². The first-order valence-electron chi connectivity index (χ1n) is 11.9. The number of aromatic nitrogens is 4. The van der Waals surface area contributed by atoms with Crippen molar-refractivity contribution in [1.29, 1.82) is 0 Å². The average molecular weight is 423 g/mol. The summed E-state index contributed by atoms with van der Waals surface area (Å²) < 4.78 is 4.16. The van der Waals surface area contributed by atoms with Crippen LogP contribution in [0.15, 0.2) is 36.5 Å². The Hall–Kier alpha value is -2.17. The number of nitrogens with two attached hydrogens (primary N) is 1. The molecule has 0 radical (unpaired) electrons. The normalized spacial score (nSPS) is 28.7. The first kappa shape index (κ1) is 22.0. The number of nitrogen functional groups attached to an aromatic ring is 1. The van der Waals surface area contributed by atoms with Gasteiger partial charge in [0, 0.05) is 0 Å². The third-order valence-corrected chi connectivity index (χ3v) is 8.55. The van der Waals surface area contributed by atoms with Crippen LogP contribution in [-0.2, 0) is 13.6 Å². The van der Waals surface area contributed by atoms with Gasteiger partial charge >= 0.3 is 5.65 Å². The van der Waals surface area contributed by atoms with E-state index in [0.29, 0.717) is 22.6 Å². The van der Waals surface area contributed by atoms with Crippen molar-refractivity contribution in [2.75, 3.05) is 5.73 Å². The van der Waals surface area contributed by atoms with Gasteiger partial charge < -0.3 is 5.73 Å². The van der Waals surface area contributed by atoms with Crippen molar-refractivity contribution in [1.82, 2.24) is 14.5 Å². The minimum Gasteiger partial charge on any atom is -0.380 e. The zero-order valence-corrected chi connectivity index (χ0v) is 20.1. The molecule has 2 aromatic rings. The molecule has 2 fully saturated rings. The number of hydrogen-bond acceptors (Lipinski definition) is 3. The number of rotatable bonds is 5. The summed E-state index contributed by atoms with van der Waals surface area (Å²) >= 11 is 0. The fraction of sp³-hybridized carbons (Fsp3) is 0.654. The highest BCUT2D eigenvalue weighted by Gasteiger charge is 2.52. The van der Waals surface area contributed by atoms with Gasteiger partial charge in [0.15, 0.2) is 18.5 Å². The summed E-state index contributed by atoms with van der Waals surface area (Å²) in [4.78, 5) is 8.55. The lowest BCUT2D eigenvalue weighted by molar-refractivity contribution is -0.647. The van der Waals surface area contributed by atoms with Gasteiger partial charge in [0.1, 0.15) is 0 Å². The second kappa shape index (κ2) is 8.07. The average Bonchev–Trinajstić information content (AvgIpc) is 3.02. The summed E-state index contributed by atoms with van der Waals surface area (Å²) in [6.07, 6.45) is 14.9. The molecule has 2 aromatic heterocycles. The van der Waals surface area contributed by atoms with E-state index in [1.807, 2.05) is 11.6 Å². The fourth-order valence-corrected chi connectivity index (χ4v) is 6.91. The Morgan fingerprint density at radius 3 is 2.87 bits per heavy atom. The Labute approximate surface area is 187 Å². The van der Waals surface area contributed by atoms with E-state index in [9.17, 15) is 0 Å². The Kier molecular flexibility index (Phi) is 5.74. The van der Waals surface area contributed by atoms with Gasteiger partial charge in [-0.15, -0.1) is 0 Å². The molecule has 0 unspecified atom stereocenters. The van der Waals surface area contributed by atoms with Gasteiger partial charge in [0.25, 0.3) is 0 Å². The molecule has 0 aromatic carbocycles. The van der Waals surface area contributed by atoms with Crippen LogP contribution in [0.4, 0.5) is 5.82 Å². The lowest BCUT2D eigenvalue weighted by Crippen LogP contribution is -2.49. The van der Waals surface area contributed by atoms with Gasteiger partial charge in [0.2, 0.25) is 5.52 Å². The standard InChI is InChI=1S/C26H40N5/c1-18(12-15-31-17-30(6)24-22(31)23(27)28-16-29-24)8-10-20-19(2)9-11-21-25(3,4)13-7-14-26(20,21)5/h12,16-17,20-21H,2,7-11,13-15H2,1,3-6H3,(H2,27,28,29)/q+1/t20-,21-,26+/m1/s1. The number of anilines is 1. The van der Waals surface area contributed by atoms with Crippen molar-refractivity contribution in [2.45, 2.75) is 79.2 Å². The Balaban J connectivity index is 1.47. The van der Waals surface area contributed by atoms with Crippen LogP contribution in [0, 0.1) is 22.7 Å². The van der Waals surface area contributed by atoms with E-state index in [1.165, 1.54) is 56.0 Å². The summed E-state index contributed by atoms with van der Waals surface area (Å²) in [7, 11) is 2.00. The molecule has 0 aliphatic heterocycles. The van der Waals surface area contributed by atoms with Gasteiger partial charge in [-0.1, -0.05) is 56.0 Å². The second-order valence-corrected chi connectivity index (χ2v) is 11.0. The van der Waals surface area contributed by atoms with Crippen LogP contribution >= 0.6 is 0 Å². The first-order chi connectivity index (χ1) is 14.6. The number of fused-ring (bicyclic) bond motifs is 2. The number of hydrogen-bond donors (Lipinski definition) is 1. The Bertz CT molecular complexity index is 1010. The maximum absolute atomic E-state index is 6.13. The SMILES string of the molecule is C=C1CC[C@@H]2C(C)(C)CCC[C@@]2(C)[C@@H]1CCC(C)=CCn1c[n+](C)c2ncnc(N)c21. The van der Waals surface area contributed by atoms with Gasteiger partial charge in [-0.25, -0.2) is 4.57 Å². The van der Waals surface area contributed by atoms with E-state index in [0.717, 1.165) is 30.0 Å². The van der Waals surface area contributed by atoms with Gasteiger partial charge in [-0.05, 0) is 68.1 Å². The molecular weight excluding hydrogens is 382 g/mol. The van der Waals surface area contributed by atoms with Crippen LogP contribution in [0.2, 0.25) is 0 Å². The molecule has 168 valence electrons. The van der Waals surface area contributed by atoms with Crippen molar-refractivity contribution >= 4 is 17.0 Å². The lowest BCUT2D eigenvalue weighted by Gasteiger charge is -2.58. The van der Waals surface area contributed by atoms with Crippen LogP contribution in [-0.4, -0.2) is 14.5 Å². The molecule has 2 N–H and O–H groups in total. The third kappa shape index (κ3) is 3.92. The smallest absolute Gasteiger partial charge is 0.307 e. The molecule has 2 aliphatic rings. The van der Waals surface area contributed by atoms with Crippen molar-refractivity contribution in [3.8, 4) is 0 Å². The molecule has 0 spiro atoms. The van der Waals surface area contributed by atoms with Crippen molar-refractivity contribution < 1.29 is 4.57 Å². The largest absolute Gasteiger partial charge is 0.380 e. The van der Waals surface area contributed by atoms with Crippen molar-refractivity contribution in [3.63, 3.8) is 0 Å². The zero-order chi connectivity index (χ0) is 22.4. The molecule has 31 heavy (non-hydrogen) atoms. The molecule has 5 heteroatoms. The predicted octanol–water partition coefficient (Wildman–Crippen LogP) is 5.36. The molecule has 2 saturated carbocycles. The highest BCUT2D eigenvalue weighted by molar-refractivity contribution is 5.79. The van der Waals surface area contributed by atoms with Crippen LogP contribution in [0.3, 0.4) is 0 Å². The lowest BCUT2D eigenvalue weighted by atomic mass is 9.47. The van der Waals surface area contributed by atoms with E-state index in [-0.39, 0.29) is 0 Å². The summed E-state index contributed by atoms with van der Waals surface area (Å²) in [5.41, 5.74) is 11.7. The number of aryl methyl sites for hydroxylation is 1. The number of imidazole rings is 1. The molecule has 2 heterocycles. The van der Waals surface area contributed by atoms with Crippen molar-refractivity contribution in [3.05, 3.63) is 36.5 Å². The summed E-state index contributed by atoms with van der Waals surface area (Å²) in [6.45, 7) is 15.2. The third-order valence-electron chi connectivity index (χ3n) is 8.55. The van der Waals surface area contributed by atoms with E-state index in [1.54, 1.807) is 0 Å². The molecule has 0 amide bonds. The predicted molar refractivity (Wildman–Crippen MR) is 127 cm³/mol. The van der Waals surface area contributed by atoms with E-state index in [4.69, 9.17) is 5.73 Å². The van der Waals surface area contributed by atoms with Crippen LogP contribution < -0.4 is 10.3 Å². The van der Waals surface area contributed by atoms with Crippen LogP contribution in [0.1, 0.15) is 72.6 Å². The maximum Gasteiger partial charge on any atom is 0.307 e. The highest BCUT2D eigenvalue weighted by atomic mass is 15.2. The van der Waals surface area contributed by atoms with Gasteiger partial charge in [0.05, 0.1) is 13.6 Å². The highest BCUT2D eigenvalue weighted by Crippen LogP contribution is 2.61. The van der Waals surface area contributed by atoms with Crippen LogP contribution in [0.5, 0.6) is 0 Å².